The van der Waals surface area contributed by atoms with E-state index >= 15 is 0 Å². The molecule has 4 heteroatoms. The van der Waals surface area contributed by atoms with Gasteiger partial charge in [-0.1, -0.05) is 6.07 Å². The van der Waals surface area contributed by atoms with Crippen LogP contribution in [-0.2, 0) is 13.1 Å². The number of nitrogens with one attached hydrogen (secondary N) is 1. The predicted octanol–water partition coefficient (Wildman–Crippen LogP) is 2.29. The molecule has 0 saturated heterocycles. The molecule has 1 aromatic carbocycles. The van der Waals surface area contributed by atoms with E-state index in [4.69, 9.17) is 9.52 Å². The predicted molar refractivity (Wildman–Crippen MR) is 63.8 cm³/mol. The van der Waals surface area contributed by atoms with Crippen LogP contribution in [0.25, 0.3) is 0 Å². The molecule has 0 fully saturated rings. The molecular formula is C13H15NO3. The van der Waals surface area contributed by atoms with Crippen molar-refractivity contribution < 1.29 is 14.6 Å². The molecule has 0 radical (unpaired) electrons. The summed E-state index contributed by atoms with van der Waals surface area (Å²) < 4.78 is 5.41. The van der Waals surface area contributed by atoms with E-state index in [0.29, 0.717) is 13.1 Å². The van der Waals surface area contributed by atoms with E-state index in [1.54, 1.807) is 12.1 Å². The van der Waals surface area contributed by atoms with Crippen LogP contribution in [0.15, 0.2) is 34.7 Å². The van der Waals surface area contributed by atoms with Crippen molar-refractivity contribution in [3.8, 4) is 11.5 Å². The summed E-state index contributed by atoms with van der Waals surface area (Å²) in [5.74, 6) is 1.90. The molecule has 2 rings (SSSR count). The summed E-state index contributed by atoms with van der Waals surface area (Å²) in [6.07, 6.45) is 0. The first-order valence-corrected chi connectivity index (χ1v) is 5.42. The van der Waals surface area contributed by atoms with Crippen LogP contribution >= 0.6 is 0 Å². The average molecular weight is 233 g/mol. The quantitative estimate of drug-likeness (QED) is 0.758. The first-order chi connectivity index (χ1) is 8.15. The second-order valence-electron chi connectivity index (χ2n) is 3.93. The van der Waals surface area contributed by atoms with Crippen molar-refractivity contribution in [2.75, 3.05) is 0 Å². The Labute approximate surface area is 99.5 Å². The minimum absolute atomic E-state index is 0.0629. The summed E-state index contributed by atoms with van der Waals surface area (Å²) in [5, 5.41) is 21.9. The van der Waals surface area contributed by atoms with E-state index in [9.17, 15) is 5.11 Å². The number of benzene rings is 1. The number of hydrogen-bond acceptors (Lipinski definition) is 4. The lowest BCUT2D eigenvalue weighted by Crippen LogP contribution is -2.12. The Bertz CT molecular complexity index is 505. The van der Waals surface area contributed by atoms with E-state index in [0.717, 1.165) is 17.1 Å². The lowest BCUT2D eigenvalue weighted by molar-refractivity contribution is 0.438. The van der Waals surface area contributed by atoms with Gasteiger partial charge in [-0.05, 0) is 25.1 Å². The Morgan fingerprint density at radius 1 is 1.12 bits per heavy atom. The number of phenolic OH excluding ortho intramolecular Hbond substituents is 2. The van der Waals surface area contributed by atoms with Gasteiger partial charge in [0.15, 0.2) is 0 Å². The number of hydrogen-bond donors (Lipinski definition) is 3. The van der Waals surface area contributed by atoms with Gasteiger partial charge in [-0.2, -0.15) is 0 Å². The molecule has 0 bridgehead atoms. The zero-order valence-electron chi connectivity index (χ0n) is 9.60. The van der Waals surface area contributed by atoms with Gasteiger partial charge in [0.2, 0.25) is 0 Å². The fraction of sp³-hybridized carbons (Fsp3) is 0.231. The number of phenols is 2. The molecule has 90 valence electrons. The van der Waals surface area contributed by atoms with E-state index in [-0.39, 0.29) is 11.5 Å². The normalized spacial score (nSPS) is 10.6. The number of rotatable bonds is 4. The minimum Gasteiger partial charge on any atom is -0.508 e. The van der Waals surface area contributed by atoms with Crippen molar-refractivity contribution in [1.82, 2.24) is 5.32 Å². The van der Waals surface area contributed by atoms with Crippen molar-refractivity contribution in [3.05, 3.63) is 47.4 Å². The molecule has 1 heterocycles. The largest absolute Gasteiger partial charge is 0.508 e. The van der Waals surface area contributed by atoms with Gasteiger partial charge in [0.05, 0.1) is 6.54 Å². The van der Waals surface area contributed by atoms with Crippen molar-refractivity contribution in [1.29, 1.82) is 0 Å². The molecule has 0 atom stereocenters. The summed E-state index contributed by atoms with van der Waals surface area (Å²) in [5.41, 5.74) is 0.742. The molecule has 2 aromatic rings. The van der Waals surface area contributed by atoms with Gasteiger partial charge in [0.1, 0.15) is 23.0 Å². The van der Waals surface area contributed by atoms with Gasteiger partial charge in [-0.15, -0.1) is 0 Å². The van der Waals surface area contributed by atoms with Gasteiger partial charge >= 0.3 is 0 Å². The SMILES string of the molecule is Cc1ccc(CNCc2ccc(O)cc2O)o1. The zero-order valence-corrected chi connectivity index (χ0v) is 9.60. The van der Waals surface area contributed by atoms with E-state index in [1.165, 1.54) is 6.07 Å². The summed E-state index contributed by atoms with van der Waals surface area (Å²) in [6, 6.07) is 8.39. The van der Waals surface area contributed by atoms with Crippen LogP contribution in [0.5, 0.6) is 11.5 Å². The van der Waals surface area contributed by atoms with Crippen molar-refractivity contribution in [2.45, 2.75) is 20.0 Å². The Hall–Kier alpha value is -1.94. The number of furan rings is 1. The van der Waals surface area contributed by atoms with E-state index in [1.807, 2.05) is 19.1 Å². The highest BCUT2D eigenvalue weighted by molar-refractivity contribution is 5.38. The second-order valence-corrected chi connectivity index (χ2v) is 3.93. The standard InChI is InChI=1S/C13H15NO3/c1-9-2-5-12(17-9)8-14-7-10-3-4-11(15)6-13(10)16/h2-6,14-16H,7-8H2,1H3. The van der Waals surface area contributed by atoms with E-state index in [2.05, 4.69) is 5.32 Å². The maximum absolute atomic E-state index is 9.57. The molecule has 0 spiro atoms. The lowest BCUT2D eigenvalue weighted by atomic mass is 10.2. The Kier molecular flexibility index (Phi) is 3.35. The number of aromatic hydroxyl groups is 2. The average Bonchev–Trinajstić information content (AvgIpc) is 2.68. The Balaban J connectivity index is 1.90. The molecule has 0 saturated carbocycles. The van der Waals surface area contributed by atoms with Crippen LogP contribution in [0.1, 0.15) is 17.1 Å². The highest BCUT2D eigenvalue weighted by atomic mass is 16.3. The van der Waals surface area contributed by atoms with Crippen LogP contribution in [0, 0.1) is 6.92 Å². The topological polar surface area (TPSA) is 65.6 Å². The van der Waals surface area contributed by atoms with Gasteiger partial charge in [0.25, 0.3) is 0 Å². The molecule has 0 aliphatic heterocycles. The molecule has 17 heavy (non-hydrogen) atoms. The molecule has 4 nitrogen and oxygen atoms in total. The van der Waals surface area contributed by atoms with Crippen LogP contribution < -0.4 is 5.32 Å². The first-order valence-electron chi connectivity index (χ1n) is 5.42. The molecule has 0 aliphatic rings. The molecule has 0 unspecified atom stereocenters. The maximum atomic E-state index is 9.57. The molecular weight excluding hydrogens is 218 g/mol. The first kappa shape index (κ1) is 11.5. The summed E-state index contributed by atoms with van der Waals surface area (Å²) in [6.45, 7) is 3.02. The van der Waals surface area contributed by atoms with Crippen LogP contribution in [0.3, 0.4) is 0 Å². The fourth-order valence-electron chi connectivity index (χ4n) is 1.60. The van der Waals surface area contributed by atoms with E-state index < -0.39 is 0 Å². The van der Waals surface area contributed by atoms with Gasteiger partial charge in [-0.3, -0.25) is 0 Å². The van der Waals surface area contributed by atoms with Gasteiger partial charge in [-0.25, -0.2) is 0 Å². The van der Waals surface area contributed by atoms with Gasteiger partial charge in [0, 0.05) is 18.2 Å². The third kappa shape index (κ3) is 3.01. The smallest absolute Gasteiger partial charge is 0.123 e. The van der Waals surface area contributed by atoms with Crippen molar-refractivity contribution >= 4 is 0 Å². The Morgan fingerprint density at radius 3 is 2.59 bits per heavy atom. The molecule has 0 aliphatic carbocycles. The lowest BCUT2D eigenvalue weighted by Gasteiger charge is -2.06. The van der Waals surface area contributed by atoms with Crippen LogP contribution in [-0.4, -0.2) is 10.2 Å². The highest BCUT2D eigenvalue weighted by Crippen LogP contribution is 2.22. The fourth-order valence-corrected chi connectivity index (χ4v) is 1.60. The zero-order chi connectivity index (χ0) is 12.3. The Morgan fingerprint density at radius 2 is 1.94 bits per heavy atom. The monoisotopic (exact) mass is 233 g/mol. The third-order valence-electron chi connectivity index (χ3n) is 2.48. The van der Waals surface area contributed by atoms with Crippen LogP contribution in [0.4, 0.5) is 0 Å². The van der Waals surface area contributed by atoms with Crippen LogP contribution in [0.2, 0.25) is 0 Å². The maximum Gasteiger partial charge on any atom is 0.123 e. The van der Waals surface area contributed by atoms with Crippen molar-refractivity contribution in [2.24, 2.45) is 0 Å². The second kappa shape index (κ2) is 4.93. The minimum atomic E-state index is 0.0629. The summed E-state index contributed by atoms with van der Waals surface area (Å²) in [4.78, 5) is 0. The third-order valence-corrected chi connectivity index (χ3v) is 2.48. The molecule has 1 aromatic heterocycles. The number of aryl methyl sites for hydroxylation is 1. The molecule has 0 amide bonds. The highest BCUT2D eigenvalue weighted by Gasteiger charge is 2.03. The molecule has 3 N–H and O–H groups in total. The summed E-state index contributed by atoms with van der Waals surface area (Å²) in [7, 11) is 0. The van der Waals surface area contributed by atoms with Crippen molar-refractivity contribution in [3.63, 3.8) is 0 Å². The van der Waals surface area contributed by atoms with Gasteiger partial charge < -0.3 is 19.9 Å². The summed E-state index contributed by atoms with van der Waals surface area (Å²) >= 11 is 0.